The van der Waals surface area contributed by atoms with Crippen molar-refractivity contribution in [2.75, 3.05) is 44.5 Å². The number of hydrogen-bond acceptors (Lipinski definition) is 7. The summed E-state index contributed by atoms with van der Waals surface area (Å²) in [4.78, 5) is 17.7. The van der Waals surface area contributed by atoms with Gasteiger partial charge in [-0.25, -0.2) is 9.78 Å². The van der Waals surface area contributed by atoms with Gasteiger partial charge in [0.2, 0.25) is 0 Å². The molecule has 0 aromatic carbocycles. The Morgan fingerprint density at radius 1 is 1.60 bits per heavy atom. The topological polar surface area (TPSA) is 97.9 Å². The van der Waals surface area contributed by atoms with Crippen LogP contribution in [0.3, 0.4) is 0 Å². The lowest BCUT2D eigenvalue weighted by Crippen LogP contribution is -2.33. The van der Waals surface area contributed by atoms with Crippen LogP contribution < -0.4 is 10.6 Å². The predicted octanol–water partition coefficient (Wildman–Crippen LogP) is 0.284. The number of ether oxygens (including phenoxy) is 2. The molecular formula is C13H21N3O4. The number of nitrogen functional groups attached to an aromatic ring is 1. The monoisotopic (exact) mass is 283 g/mol. The molecule has 1 aromatic heterocycles. The predicted molar refractivity (Wildman–Crippen MR) is 75.8 cm³/mol. The first-order valence-electron chi connectivity index (χ1n) is 6.30. The average molecular weight is 283 g/mol. The molecule has 0 saturated heterocycles. The van der Waals surface area contributed by atoms with Gasteiger partial charge in [-0.3, -0.25) is 0 Å². The minimum Gasteiger partial charge on any atom is -0.462 e. The number of carbonyl (C=O) groups excluding carboxylic acids is 1. The molecule has 0 aliphatic rings. The van der Waals surface area contributed by atoms with Gasteiger partial charge < -0.3 is 25.2 Å². The van der Waals surface area contributed by atoms with Gasteiger partial charge in [0, 0.05) is 20.7 Å². The van der Waals surface area contributed by atoms with Crippen LogP contribution in [0, 0.1) is 0 Å². The molecule has 0 fully saturated rings. The van der Waals surface area contributed by atoms with Crippen molar-refractivity contribution in [2.24, 2.45) is 0 Å². The summed E-state index contributed by atoms with van der Waals surface area (Å²) in [6, 6.07) is 1.51. The van der Waals surface area contributed by atoms with Crippen molar-refractivity contribution in [3.05, 3.63) is 17.8 Å². The second-order valence-electron chi connectivity index (χ2n) is 4.35. The van der Waals surface area contributed by atoms with Gasteiger partial charge in [0.25, 0.3) is 0 Å². The van der Waals surface area contributed by atoms with E-state index in [1.165, 1.54) is 19.4 Å². The van der Waals surface area contributed by atoms with Crippen molar-refractivity contribution >= 4 is 17.5 Å². The normalized spacial score (nSPS) is 12.0. The smallest absolute Gasteiger partial charge is 0.341 e. The molecule has 0 aliphatic carbocycles. The molecule has 0 spiro atoms. The molecule has 7 heteroatoms. The minimum atomic E-state index is -0.681. The molecule has 0 amide bonds. The minimum absolute atomic E-state index is 0.202. The Morgan fingerprint density at radius 2 is 2.30 bits per heavy atom. The van der Waals surface area contributed by atoms with Gasteiger partial charge in [-0.15, -0.1) is 0 Å². The number of anilines is 2. The van der Waals surface area contributed by atoms with Crippen molar-refractivity contribution in [1.29, 1.82) is 0 Å². The summed E-state index contributed by atoms with van der Waals surface area (Å²) < 4.78 is 9.84. The lowest BCUT2D eigenvalue weighted by molar-refractivity contribution is 0.0525. The molecule has 0 aliphatic heterocycles. The zero-order chi connectivity index (χ0) is 15.1. The van der Waals surface area contributed by atoms with E-state index in [4.69, 9.17) is 15.2 Å². The van der Waals surface area contributed by atoms with Crippen LogP contribution in [-0.2, 0) is 9.47 Å². The van der Waals surface area contributed by atoms with Gasteiger partial charge in [-0.1, -0.05) is 0 Å². The summed E-state index contributed by atoms with van der Waals surface area (Å²) in [7, 11) is 3.23. The second-order valence-corrected chi connectivity index (χ2v) is 4.35. The van der Waals surface area contributed by atoms with E-state index < -0.39 is 12.1 Å². The third kappa shape index (κ3) is 4.36. The zero-order valence-corrected chi connectivity index (χ0v) is 12.0. The van der Waals surface area contributed by atoms with Crippen LogP contribution in [0.15, 0.2) is 12.3 Å². The number of hydrogen-bond donors (Lipinski definition) is 2. The summed E-state index contributed by atoms with van der Waals surface area (Å²) in [5.41, 5.74) is 6.31. The fourth-order valence-electron chi connectivity index (χ4n) is 1.78. The van der Waals surface area contributed by atoms with E-state index in [-0.39, 0.29) is 25.3 Å². The van der Waals surface area contributed by atoms with Gasteiger partial charge in [0.05, 0.1) is 31.2 Å². The highest BCUT2D eigenvalue weighted by atomic mass is 16.5. The standard InChI is InChI=1S/C13H21N3O4/c1-4-20-13(18)11-5-9(14)6-15-12(11)16(2)7-10(17)8-19-3/h5-6,10,17H,4,7-8,14H2,1-3H3. The molecule has 1 aromatic rings. The number of aromatic nitrogens is 1. The fourth-order valence-corrected chi connectivity index (χ4v) is 1.78. The number of rotatable bonds is 7. The number of pyridine rings is 1. The van der Waals surface area contributed by atoms with E-state index >= 15 is 0 Å². The average Bonchev–Trinajstić information content (AvgIpc) is 2.38. The Hall–Kier alpha value is -1.86. The first kappa shape index (κ1) is 16.2. The van der Waals surface area contributed by atoms with E-state index in [0.717, 1.165) is 0 Å². The molecule has 0 saturated carbocycles. The summed E-state index contributed by atoms with van der Waals surface area (Å²) >= 11 is 0. The third-order valence-corrected chi connectivity index (χ3v) is 2.59. The molecule has 0 radical (unpaired) electrons. The molecule has 1 unspecified atom stereocenters. The van der Waals surface area contributed by atoms with Crippen molar-refractivity contribution in [3.63, 3.8) is 0 Å². The maximum Gasteiger partial charge on any atom is 0.341 e. The quantitative estimate of drug-likeness (QED) is 0.694. The summed E-state index contributed by atoms with van der Waals surface area (Å²) in [6.45, 7) is 2.47. The first-order valence-corrected chi connectivity index (χ1v) is 6.30. The van der Waals surface area contributed by atoms with Gasteiger partial charge in [0.1, 0.15) is 11.4 Å². The van der Waals surface area contributed by atoms with E-state index in [9.17, 15) is 9.90 Å². The molecule has 0 bridgehead atoms. The van der Waals surface area contributed by atoms with Crippen molar-refractivity contribution in [2.45, 2.75) is 13.0 Å². The SMILES string of the molecule is CCOC(=O)c1cc(N)cnc1N(C)CC(O)COC. The number of methoxy groups -OCH3 is 1. The van der Waals surface area contributed by atoms with Gasteiger partial charge in [-0.05, 0) is 13.0 Å². The number of nitrogens with zero attached hydrogens (tertiary/aromatic N) is 2. The summed E-state index contributed by atoms with van der Waals surface area (Å²) in [5.74, 6) is -0.0804. The summed E-state index contributed by atoms with van der Waals surface area (Å²) in [6.07, 6.45) is 0.775. The molecule has 1 rings (SSSR count). The fraction of sp³-hybridized carbons (Fsp3) is 0.538. The molecule has 1 heterocycles. The van der Waals surface area contributed by atoms with E-state index in [1.54, 1.807) is 18.9 Å². The number of aliphatic hydroxyl groups is 1. The van der Waals surface area contributed by atoms with Crippen LogP contribution in [0.1, 0.15) is 17.3 Å². The van der Waals surface area contributed by atoms with Crippen LogP contribution in [-0.4, -0.2) is 56.1 Å². The molecule has 1 atom stereocenters. The van der Waals surface area contributed by atoms with Crippen LogP contribution in [0.5, 0.6) is 0 Å². The van der Waals surface area contributed by atoms with E-state index in [1.807, 2.05) is 0 Å². The van der Waals surface area contributed by atoms with Gasteiger partial charge in [-0.2, -0.15) is 0 Å². The van der Waals surface area contributed by atoms with Crippen LogP contribution in [0.2, 0.25) is 0 Å². The zero-order valence-electron chi connectivity index (χ0n) is 12.0. The summed E-state index contributed by atoms with van der Waals surface area (Å²) in [5, 5.41) is 9.73. The lowest BCUT2D eigenvalue weighted by Gasteiger charge is -2.23. The Kier molecular flexibility index (Phi) is 6.20. The van der Waals surface area contributed by atoms with Crippen LogP contribution in [0.4, 0.5) is 11.5 Å². The number of likely N-dealkylation sites (N-methyl/N-ethyl adjacent to an activating group) is 1. The maximum absolute atomic E-state index is 11.9. The number of aliphatic hydroxyl groups excluding tert-OH is 1. The molecule has 112 valence electrons. The molecule has 7 nitrogen and oxygen atoms in total. The maximum atomic E-state index is 11.9. The first-order chi connectivity index (χ1) is 9.49. The van der Waals surface area contributed by atoms with Crippen LogP contribution >= 0.6 is 0 Å². The molecule has 20 heavy (non-hydrogen) atoms. The lowest BCUT2D eigenvalue weighted by atomic mass is 10.2. The number of carbonyl (C=O) groups is 1. The Morgan fingerprint density at radius 3 is 2.90 bits per heavy atom. The largest absolute Gasteiger partial charge is 0.462 e. The number of esters is 1. The highest BCUT2D eigenvalue weighted by Crippen LogP contribution is 2.20. The second kappa shape index (κ2) is 7.66. The van der Waals surface area contributed by atoms with Crippen molar-refractivity contribution in [3.8, 4) is 0 Å². The van der Waals surface area contributed by atoms with Crippen molar-refractivity contribution < 1.29 is 19.4 Å². The highest BCUT2D eigenvalue weighted by molar-refractivity contribution is 5.95. The highest BCUT2D eigenvalue weighted by Gasteiger charge is 2.19. The van der Waals surface area contributed by atoms with Gasteiger partial charge >= 0.3 is 5.97 Å². The van der Waals surface area contributed by atoms with Crippen molar-refractivity contribution in [1.82, 2.24) is 4.98 Å². The Labute approximate surface area is 118 Å². The Bertz CT molecular complexity index is 453. The van der Waals surface area contributed by atoms with Crippen LogP contribution in [0.25, 0.3) is 0 Å². The van der Waals surface area contributed by atoms with E-state index in [2.05, 4.69) is 4.98 Å². The number of nitrogens with two attached hydrogens (primary N) is 1. The molecule has 3 N–H and O–H groups in total. The van der Waals surface area contributed by atoms with Gasteiger partial charge in [0.15, 0.2) is 0 Å². The third-order valence-electron chi connectivity index (χ3n) is 2.59. The Balaban J connectivity index is 2.95. The molecular weight excluding hydrogens is 262 g/mol. The van der Waals surface area contributed by atoms with E-state index in [0.29, 0.717) is 11.5 Å².